The SMILES string of the molecule is Cc1cc(-c2ccnc(-n3ncc(C(=O)NCc4ccccn4)c3C3CC3)n2)c(C)s1. The van der Waals surface area contributed by atoms with Crippen LogP contribution in [-0.2, 0) is 6.54 Å². The van der Waals surface area contributed by atoms with Crippen LogP contribution in [-0.4, -0.2) is 30.6 Å². The Labute approximate surface area is 184 Å². The lowest BCUT2D eigenvalue weighted by Crippen LogP contribution is -2.24. The van der Waals surface area contributed by atoms with Crippen molar-refractivity contribution in [3.05, 3.63) is 75.6 Å². The summed E-state index contributed by atoms with van der Waals surface area (Å²) in [5.74, 6) is 0.640. The molecule has 0 bridgehead atoms. The van der Waals surface area contributed by atoms with Crippen LogP contribution in [0.25, 0.3) is 17.2 Å². The Bertz CT molecular complexity index is 1240. The highest BCUT2D eigenvalue weighted by Gasteiger charge is 2.33. The zero-order chi connectivity index (χ0) is 21.4. The van der Waals surface area contributed by atoms with E-state index in [4.69, 9.17) is 4.98 Å². The van der Waals surface area contributed by atoms with Gasteiger partial charge in [-0.3, -0.25) is 9.78 Å². The molecular formula is C23H22N6OS. The lowest BCUT2D eigenvalue weighted by molar-refractivity contribution is 0.0949. The van der Waals surface area contributed by atoms with Gasteiger partial charge >= 0.3 is 0 Å². The third kappa shape index (κ3) is 3.98. The molecule has 1 N–H and O–H groups in total. The molecule has 0 radical (unpaired) electrons. The molecule has 4 aromatic heterocycles. The number of nitrogens with zero attached hydrogens (tertiary/aromatic N) is 5. The number of aryl methyl sites for hydroxylation is 2. The normalized spacial score (nSPS) is 13.4. The number of nitrogens with one attached hydrogen (secondary N) is 1. The molecule has 7 nitrogen and oxygen atoms in total. The largest absolute Gasteiger partial charge is 0.346 e. The van der Waals surface area contributed by atoms with Crippen molar-refractivity contribution >= 4 is 17.2 Å². The van der Waals surface area contributed by atoms with Crippen LogP contribution in [0.15, 0.2) is 48.9 Å². The monoisotopic (exact) mass is 430 g/mol. The quantitative estimate of drug-likeness (QED) is 0.495. The summed E-state index contributed by atoms with van der Waals surface area (Å²) in [6, 6.07) is 9.71. The number of carbonyl (C=O) groups excluding carboxylic acids is 1. The molecule has 4 heterocycles. The molecule has 1 aliphatic rings. The van der Waals surface area contributed by atoms with Gasteiger partial charge < -0.3 is 5.32 Å². The number of rotatable bonds is 6. The van der Waals surface area contributed by atoms with Gasteiger partial charge in [-0.25, -0.2) is 14.6 Å². The fourth-order valence-electron chi connectivity index (χ4n) is 3.70. The lowest BCUT2D eigenvalue weighted by atomic mass is 10.1. The summed E-state index contributed by atoms with van der Waals surface area (Å²) in [6.07, 6.45) is 7.17. The van der Waals surface area contributed by atoms with Gasteiger partial charge in [-0.05, 0) is 51.0 Å². The molecule has 156 valence electrons. The van der Waals surface area contributed by atoms with Crippen LogP contribution < -0.4 is 5.32 Å². The third-order valence-corrected chi connectivity index (χ3v) is 6.29. The van der Waals surface area contributed by atoms with Crippen molar-refractivity contribution in [3.63, 3.8) is 0 Å². The van der Waals surface area contributed by atoms with Crippen LogP contribution in [0.2, 0.25) is 0 Å². The first-order valence-corrected chi connectivity index (χ1v) is 11.1. The van der Waals surface area contributed by atoms with E-state index in [-0.39, 0.29) is 5.91 Å². The average molecular weight is 431 g/mol. The number of thiophene rings is 1. The summed E-state index contributed by atoms with van der Waals surface area (Å²) in [4.78, 5) is 28.9. The smallest absolute Gasteiger partial charge is 0.255 e. The van der Waals surface area contributed by atoms with Gasteiger partial charge in [0.15, 0.2) is 0 Å². The Balaban J connectivity index is 1.46. The van der Waals surface area contributed by atoms with Crippen molar-refractivity contribution in [2.75, 3.05) is 0 Å². The Morgan fingerprint density at radius 1 is 1.19 bits per heavy atom. The maximum Gasteiger partial charge on any atom is 0.255 e. The first kappa shape index (κ1) is 19.6. The second kappa shape index (κ2) is 8.03. The number of pyridine rings is 1. The molecule has 0 unspecified atom stereocenters. The number of carbonyl (C=O) groups is 1. The molecule has 8 heteroatoms. The molecule has 0 saturated heterocycles. The van der Waals surface area contributed by atoms with E-state index in [1.54, 1.807) is 34.6 Å². The molecule has 0 atom stereocenters. The van der Waals surface area contributed by atoms with Crippen LogP contribution in [0.1, 0.15) is 50.3 Å². The van der Waals surface area contributed by atoms with Crippen molar-refractivity contribution in [3.8, 4) is 17.2 Å². The molecule has 0 spiro atoms. The molecule has 0 aromatic carbocycles. The van der Waals surface area contributed by atoms with Crippen LogP contribution in [0.3, 0.4) is 0 Å². The van der Waals surface area contributed by atoms with E-state index in [1.807, 2.05) is 24.3 Å². The van der Waals surface area contributed by atoms with Gasteiger partial charge in [-0.15, -0.1) is 11.3 Å². The number of aromatic nitrogens is 5. The zero-order valence-corrected chi connectivity index (χ0v) is 18.2. The second-order valence-corrected chi connectivity index (χ2v) is 9.16. The van der Waals surface area contributed by atoms with Crippen molar-refractivity contribution in [2.24, 2.45) is 0 Å². The fraction of sp³-hybridized carbons (Fsp3) is 0.261. The van der Waals surface area contributed by atoms with E-state index in [9.17, 15) is 4.79 Å². The molecule has 5 rings (SSSR count). The predicted molar refractivity (Wildman–Crippen MR) is 119 cm³/mol. The predicted octanol–water partition coefficient (Wildman–Crippen LogP) is 4.21. The standard InChI is InChI=1S/C23H22N6OS/c1-14-11-18(15(2)31-14)20-8-10-25-23(28-20)29-21(16-6-7-16)19(13-27-29)22(30)26-12-17-5-3-4-9-24-17/h3-5,8-11,13,16H,6-7,12H2,1-2H3,(H,26,30). The van der Waals surface area contributed by atoms with Gasteiger partial charge in [0.2, 0.25) is 0 Å². The van der Waals surface area contributed by atoms with Gasteiger partial charge in [0.25, 0.3) is 11.9 Å². The van der Waals surface area contributed by atoms with Crippen LogP contribution in [0, 0.1) is 13.8 Å². The Morgan fingerprint density at radius 3 is 2.77 bits per heavy atom. The molecular weight excluding hydrogens is 408 g/mol. The molecule has 0 aliphatic heterocycles. The van der Waals surface area contributed by atoms with Crippen molar-refractivity contribution in [2.45, 2.75) is 39.2 Å². The number of hydrogen-bond donors (Lipinski definition) is 1. The van der Waals surface area contributed by atoms with Crippen LogP contribution in [0.5, 0.6) is 0 Å². The van der Waals surface area contributed by atoms with Crippen molar-refractivity contribution < 1.29 is 4.79 Å². The second-order valence-electron chi connectivity index (χ2n) is 7.70. The van der Waals surface area contributed by atoms with Crippen molar-refractivity contribution in [1.82, 2.24) is 30.0 Å². The topological polar surface area (TPSA) is 85.6 Å². The third-order valence-electron chi connectivity index (χ3n) is 5.32. The first-order chi connectivity index (χ1) is 15.1. The van der Waals surface area contributed by atoms with Gasteiger partial charge in [0.05, 0.1) is 35.4 Å². The Morgan fingerprint density at radius 2 is 2.06 bits per heavy atom. The summed E-state index contributed by atoms with van der Waals surface area (Å²) in [5, 5.41) is 7.46. The Hall–Kier alpha value is -3.39. The summed E-state index contributed by atoms with van der Waals surface area (Å²) < 4.78 is 1.73. The van der Waals surface area contributed by atoms with Crippen molar-refractivity contribution in [1.29, 1.82) is 0 Å². The van der Waals surface area contributed by atoms with Crippen LogP contribution in [0.4, 0.5) is 0 Å². The molecule has 4 aromatic rings. The minimum Gasteiger partial charge on any atom is -0.346 e. The molecule has 1 amide bonds. The van der Waals surface area contributed by atoms with E-state index in [0.29, 0.717) is 24.0 Å². The molecule has 1 saturated carbocycles. The molecule has 1 aliphatic carbocycles. The average Bonchev–Trinajstić information content (AvgIpc) is 3.43. The fourth-order valence-corrected chi connectivity index (χ4v) is 4.63. The van der Waals surface area contributed by atoms with E-state index < -0.39 is 0 Å². The number of amides is 1. The first-order valence-electron chi connectivity index (χ1n) is 10.3. The highest BCUT2D eigenvalue weighted by atomic mass is 32.1. The maximum absolute atomic E-state index is 12.9. The highest BCUT2D eigenvalue weighted by molar-refractivity contribution is 7.12. The minimum atomic E-state index is -0.153. The van der Waals surface area contributed by atoms with Crippen LogP contribution >= 0.6 is 11.3 Å². The highest BCUT2D eigenvalue weighted by Crippen LogP contribution is 2.42. The van der Waals surface area contributed by atoms with Gasteiger partial charge in [0, 0.05) is 33.6 Å². The van der Waals surface area contributed by atoms with E-state index in [1.165, 1.54) is 9.75 Å². The molecule has 1 fully saturated rings. The van der Waals surface area contributed by atoms with E-state index in [2.05, 4.69) is 40.3 Å². The molecule has 31 heavy (non-hydrogen) atoms. The summed E-state index contributed by atoms with van der Waals surface area (Å²) >= 11 is 1.75. The van der Waals surface area contributed by atoms with E-state index in [0.717, 1.165) is 35.5 Å². The van der Waals surface area contributed by atoms with Gasteiger partial charge in [-0.2, -0.15) is 5.10 Å². The minimum absolute atomic E-state index is 0.153. The Kier molecular flexibility index (Phi) is 5.07. The summed E-state index contributed by atoms with van der Waals surface area (Å²) in [7, 11) is 0. The van der Waals surface area contributed by atoms with Gasteiger partial charge in [-0.1, -0.05) is 6.07 Å². The van der Waals surface area contributed by atoms with E-state index >= 15 is 0 Å². The van der Waals surface area contributed by atoms with Gasteiger partial charge in [0.1, 0.15) is 0 Å². The summed E-state index contributed by atoms with van der Waals surface area (Å²) in [5.41, 5.74) is 4.25. The maximum atomic E-state index is 12.9. The number of hydrogen-bond acceptors (Lipinski definition) is 6. The summed E-state index contributed by atoms with van der Waals surface area (Å²) in [6.45, 7) is 4.57. The zero-order valence-electron chi connectivity index (χ0n) is 17.4. The lowest BCUT2D eigenvalue weighted by Gasteiger charge is -2.09.